The third kappa shape index (κ3) is 4.54. The molecule has 0 radical (unpaired) electrons. The summed E-state index contributed by atoms with van der Waals surface area (Å²) >= 11 is 0. The van der Waals surface area contributed by atoms with E-state index in [2.05, 4.69) is 0 Å². The summed E-state index contributed by atoms with van der Waals surface area (Å²) in [5, 5.41) is 11.2. The van der Waals surface area contributed by atoms with Crippen LogP contribution in [0.3, 0.4) is 0 Å². The lowest BCUT2D eigenvalue weighted by Gasteiger charge is -2.39. The van der Waals surface area contributed by atoms with E-state index in [1.165, 1.54) is 16.9 Å². The highest BCUT2D eigenvalue weighted by Gasteiger charge is 2.67. The number of phenolic OH excluding ortho intramolecular Hbond substituents is 1. The van der Waals surface area contributed by atoms with Crippen molar-refractivity contribution in [1.29, 1.82) is 0 Å². The number of rotatable bonds is 2. The van der Waals surface area contributed by atoms with E-state index in [0.717, 1.165) is 5.56 Å². The summed E-state index contributed by atoms with van der Waals surface area (Å²) in [5.41, 5.74) is -0.345. The number of aryl methyl sites for hydroxylation is 1. The molecule has 0 aromatic heterocycles. The summed E-state index contributed by atoms with van der Waals surface area (Å²) in [4.78, 5) is 43.5. The average Bonchev–Trinajstić information content (AvgIpc) is 3.28. The quantitative estimate of drug-likeness (QED) is 0.422. The normalized spacial score (nSPS) is 22.5. The number of methoxy groups -OCH3 is 1. The Morgan fingerprint density at radius 2 is 1.53 bits per heavy atom. The zero-order valence-electron chi connectivity index (χ0n) is 23.2. The van der Waals surface area contributed by atoms with Crippen molar-refractivity contribution < 1.29 is 33.7 Å². The number of phenols is 1. The molecule has 2 aromatic carbocycles. The molecule has 0 unspecified atom stereocenters. The lowest BCUT2D eigenvalue weighted by Crippen LogP contribution is -2.58. The predicted octanol–water partition coefficient (Wildman–Crippen LogP) is 5.25. The van der Waals surface area contributed by atoms with Gasteiger partial charge in [-0.1, -0.05) is 35.9 Å². The number of para-hydroxylation sites is 1. The van der Waals surface area contributed by atoms with Crippen LogP contribution in [-0.2, 0) is 24.4 Å². The number of benzene rings is 2. The van der Waals surface area contributed by atoms with E-state index in [1.54, 1.807) is 65.8 Å². The first-order chi connectivity index (χ1) is 17.6. The van der Waals surface area contributed by atoms with Crippen molar-refractivity contribution in [2.75, 3.05) is 12.0 Å². The summed E-state index contributed by atoms with van der Waals surface area (Å²) in [6.45, 7) is 12.3. The van der Waals surface area contributed by atoms with Crippen molar-refractivity contribution in [2.45, 2.75) is 83.7 Å². The van der Waals surface area contributed by atoms with Gasteiger partial charge in [0, 0.05) is 5.56 Å². The van der Waals surface area contributed by atoms with Crippen LogP contribution >= 0.6 is 0 Å². The number of hydrogen-bond acceptors (Lipinski definition) is 7. The maximum atomic E-state index is 13.8. The summed E-state index contributed by atoms with van der Waals surface area (Å²) in [6, 6.07) is 11.3. The Kier molecular flexibility index (Phi) is 6.62. The van der Waals surface area contributed by atoms with Gasteiger partial charge in [0.25, 0.3) is 0 Å². The Bertz CT molecular complexity index is 1280. The van der Waals surface area contributed by atoms with Gasteiger partial charge in [0.15, 0.2) is 0 Å². The number of amides is 2. The van der Waals surface area contributed by atoms with E-state index in [0.29, 0.717) is 16.8 Å². The van der Waals surface area contributed by atoms with Crippen molar-refractivity contribution in [3.05, 3.63) is 59.2 Å². The highest BCUT2D eigenvalue weighted by Crippen LogP contribution is 2.59. The Balaban J connectivity index is 2.05. The predicted molar refractivity (Wildman–Crippen MR) is 141 cm³/mol. The van der Waals surface area contributed by atoms with E-state index in [9.17, 15) is 19.5 Å². The van der Waals surface area contributed by atoms with Crippen LogP contribution in [0.25, 0.3) is 0 Å². The van der Waals surface area contributed by atoms with E-state index in [4.69, 9.17) is 14.2 Å². The first kappa shape index (κ1) is 27.3. The maximum Gasteiger partial charge on any atom is 0.416 e. The molecule has 204 valence electrons. The zero-order valence-corrected chi connectivity index (χ0v) is 23.2. The third-order valence-corrected chi connectivity index (χ3v) is 6.74. The molecule has 3 atom stereocenters. The average molecular weight is 525 g/mol. The van der Waals surface area contributed by atoms with E-state index >= 15 is 0 Å². The molecule has 2 aliphatic rings. The van der Waals surface area contributed by atoms with E-state index < -0.39 is 47.0 Å². The fraction of sp³-hybridized carbons (Fsp3) is 0.483. The van der Waals surface area contributed by atoms with Gasteiger partial charge in [0.2, 0.25) is 0 Å². The third-order valence-electron chi connectivity index (χ3n) is 6.74. The second-order valence-electron chi connectivity index (χ2n) is 11.9. The van der Waals surface area contributed by atoms with Crippen LogP contribution in [0, 0.1) is 6.92 Å². The lowest BCUT2D eigenvalue weighted by atomic mass is 9.71. The number of esters is 1. The smallest absolute Gasteiger partial charge is 0.416 e. The molecule has 2 amide bonds. The maximum absolute atomic E-state index is 13.8. The van der Waals surface area contributed by atoms with Crippen LogP contribution in [0.1, 0.15) is 64.7 Å². The molecular formula is C29H36N2O7. The van der Waals surface area contributed by atoms with Crippen molar-refractivity contribution in [2.24, 2.45) is 0 Å². The first-order valence-corrected chi connectivity index (χ1v) is 12.6. The van der Waals surface area contributed by atoms with Gasteiger partial charge in [0.05, 0.1) is 18.2 Å². The van der Waals surface area contributed by atoms with Crippen molar-refractivity contribution in [3.8, 4) is 5.75 Å². The minimum absolute atomic E-state index is 0.0175. The highest BCUT2D eigenvalue weighted by molar-refractivity contribution is 5.96. The number of likely N-dealkylation sites (tertiary alicyclic amines) is 1. The summed E-state index contributed by atoms with van der Waals surface area (Å²) in [5.74, 6) is -0.672. The number of carbonyl (C=O) groups is 3. The van der Waals surface area contributed by atoms with Crippen LogP contribution in [0.2, 0.25) is 0 Å². The molecule has 0 aliphatic carbocycles. The van der Waals surface area contributed by atoms with Gasteiger partial charge in [-0.3, -0.25) is 9.80 Å². The van der Waals surface area contributed by atoms with Gasteiger partial charge in [-0.15, -0.1) is 0 Å². The van der Waals surface area contributed by atoms with E-state index in [-0.39, 0.29) is 12.2 Å². The van der Waals surface area contributed by atoms with Gasteiger partial charge in [-0.2, -0.15) is 0 Å². The molecule has 2 heterocycles. The fourth-order valence-corrected chi connectivity index (χ4v) is 5.49. The fourth-order valence-electron chi connectivity index (χ4n) is 5.49. The topological polar surface area (TPSA) is 106 Å². The molecule has 2 aromatic rings. The molecule has 1 fully saturated rings. The monoisotopic (exact) mass is 524 g/mol. The first-order valence-electron chi connectivity index (χ1n) is 12.6. The minimum Gasteiger partial charge on any atom is -0.508 e. The van der Waals surface area contributed by atoms with Crippen LogP contribution in [0.5, 0.6) is 5.75 Å². The Morgan fingerprint density at radius 1 is 0.921 bits per heavy atom. The Morgan fingerprint density at radius 3 is 2.13 bits per heavy atom. The second kappa shape index (κ2) is 9.22. The van der Waals surface area contributed by atoms with Crippen molar-refractivity contribution in [3.63, 3.8) is 0 Å². The molecule has 9 heteroatoms. The molecule has 4 rings (SSSR count). The summed E-state index contributed by atoms with van der Waals surface area (Å²) in [6.07, 6.45) is -2.51. The van der Waals surface area contributed by atoms with Gasteiger partial charge < -0.3 is 19.3 Å². The minimum atomic E-state index is -1.18. The molecule has 1 N–H and O–H groups in total. The zero-order chi connectivity index (χ0) is 28.2. The van der Waals surface area contributed by atoms with Gasteiger partial charge in [-0.25, -0.2) is 14.4 Å². The highest BCUT2D eigenvalue weighted by atomic mass is 16.6. The Hall–Kier alpha value is -3.75. The number of ether oxygens (including phenoxy) is 3. The van der Waals surface area contributed by atoms with Gasteiger partial charge in [0.1, 0.15) is 29.2 Å². The van der Waals surface area contributed by atoms with Gasteiger partial charge >= 0.3 is 18.2 Å². The van der Waals surface area contributed by atoms with E-state index in [1.807, 2.05) is 25.1 Å². The van der Waals surface area contributed by atoms with Crippen LogP contribution in [0.4, 0.5) is 15.3 Å². The Labute approximate surface area is 223 Å². The molecule has 1 saturated heterocycles. The van der Waals surface area contributed by atoms with Crippen LogP contribution in [-0.4, -0.2) is 58.7 Å². The van der Waals surface area contributed by atoms with Crippen LogP contribution in [0.15, 0.2) is 42.5 Å². The summed E-state index contributed by atoms with van der Waals surface area (Å²) in [7, 11) is 1.25. The molecule has 0 bridgehead atoms. The molecule has 2 aliphatic heterocycles. The number of anilines is 1. The second-order valence-corrected chi connectivity index (χ2v) is 11.9. The molecule has 0 saturated carbocycles. The summed E-state index contributed by atoms with van der Waals surface area (Å²) < 4.78 is 16.7. The van der Waals surface area contributed by atoms with Crippen molar-refractivity contribution in [1.82, 2.24) is 4.90 Å². The number of hydrogen-bond donors (Lipinski definition) is 1. The largest absolute Gasteiger partial charge is 0.508 e. The van der Waals surface area contributed by atoms with Gasteiger partial charge in [-0.05, 0) is 72.6 Å². The lowest BCUT2D eigenvalue weighted by molar-refractivity contribution is -0.146. The number of carbonyl (C=O) groups excluding carboxylic acids is 3. The standard InChI is InChI=1S/C29H36N2O7/c1-17-13-14-22(32)19(15-17)29-16-21(23(33)36-8)31(26(35)38-28(5,6)7)24(29)30(25(34)37-27(2,3)4)20-12-10-9-11-18(20)29/h9-15,21,24,32H,16H2,1-8H3/t21-,24-,29-/m0/s1. The van der Waals surface area contributed by atoms with Crippen LogP contribution < -0.4 is 4.90 Å². The number of fused-ring (bicyclic) bond motifs is 3. The molecule has 0 spiro atoms. The van der Waals surface area contributed by atoms with Crippen molar-refractivity contribution >= 4 is 23.8 Å². The molecule has 38 heavy (non-hydrogen) atoms. The number of aromatic hydroxyl groups is 1. The SMILES string of the molecule is COC(=O)[C@@H]1C[C@@]2(c3cc(C)ccc3O)c3ccccc3N(C(=O)OC(C)(C)C)[C@H]2N1C(=O)OC(C)(C)C. The molecule has 9 nitrogen and oxygen atoms in total. The number of nitrogens with zero attached hydrogens (tertiary/aromatic N) is 2. The molecular weight excluding hydrogens is 488 g/mol.